The molecule has 0 spiro atoms. The fourth-order valence-corrected chi connectivity index (χ4v) is 3.03. The van der Waals surface area contributed by atoms with Crippen molar-refractivity contribution >= 4 is 28.9 Å². The van der Waals surface area contributed by atoms with E-state index in [1.54, 1.807) is 23.8 Å². The quantitative estimate of drug-likeness (QED) is 0.656. The van der Waals surface area contributed by atoms with Crippen LogP contribution in [-0.2, 0) is 4.74 Å². The Labute approximate surface area is 126 Å². The molecular formula is C14H17N3O3S. The van der Waals surface area contributed by atoms with Gasteiger partial charge in [-0.1, -0.05) is 11.8 Å². The van der Waals surface area contributed by atoms with Crippen LogP contribution in [-0.4, -0.2) is 53.5 Å². The van der Waals surface area contributed by atoms with Gasteiger partial charge in [-0.25, -0.2) is 9.78 Å². The van der Waals surface area contributed by atoms with Crippen LogP contribution in [0, 0.1) is 0 Å². The second-order valence-corrected chi connectivity index (χ2v) is 5.81. The molecule has 0 radical (unpaired) electrons. The Bertz CT molecular complexity index is 643. The summed E-state index contributed by atoms with van der Waals surface area (Å²) in [6, 6.07) is 5.78. The summed E-state index contributed by atoms with van der Waals surface area (Å²) in [5, 5.41) is 0.891. The number of hydrogen-bond acceptors (Lipinski definition) is 5. The average Bonchev–Trinajstić information content (AvgIpc) is 3.08. The molecule has 1 N–H and O–H groups in total. The van der Waals surface area contributed by atoms with Crippen LogP contribution in [0.15, 0.2) is 23.4 Å². The number of ether oxygens (including phenoxy) is 2. The second kappa shape index (κ2) is 6.26. The molecule has 2 heterocycles. The number of aromatic nitrogens is 2. The van der Waals surface area contributed by atoms with Gasteiger partial charge in [0.25, 0.3) is 0 Å². The Morgan fingerprint density at radius 3 is 3.19 bits per heavy atom. The van der Waals surface area contributed by atoms with E-state index in [1.807, 2.05) is 18.2 Å². The molecule has 1 fully saturated rings. The molecule has 0 saturated carbocycles. The number of methoxy groups -OCH3 is 1. The lowest BCUT2D eigenvalue weighted by Crippen LogP contribution is -2.25. The first-order chi connectivity index (χ1) is 10.3. The topological polar surface area (TPSA) is 67.5 Å². The number of imidazole rings is 1. The van der Waals surface area contributed by atoms with Crippen LogP contribution in [0.2, 0.25) is 0 Å². The molecule has 112 valence electrons. The summed E-state index contributed by atoms with van der Waals surface area (Å²) in [7, 11) is 1.65. The maximum Gasteiger partial charge on any atom is 0.409 e. The number of benzene rings is 1. The summed E-state index contributed by atoms with van der Waals surface area (Å²) in [5.41, 5.74) is 1.90. The van der Waals surface area contributed by atoms with Gasteiger partial charge in [-0.05, 0) is 18.6 Å². The molecule has 1 aliphatic rings. The fraction of sp³-hybridized carbons (Fsp3) is 0.429. The van der Waals surface area contributed by atoms with Crippen LogP contribution in [0.1, 0.15) is 6.42 Å². The number of H-pyrrole nitrogens is 1. The fourth-order valence-electron chi connectivity index (χ4n) is 2.21. The molecule has 1 aliphatic heterocycles. The second-order valence-electron chi connectivity index (χ2n) is 4.73. The third-order valence-corrected chi connectivity index (χ3v) is 4.28. The predicted molar refractivity (Wildman–Crippen MR) is 80.9 cm³/mol. The Kier molecular flexibility index (Phi) is 4.19. The molecule has 7 heteroatoms. The number of amides is 1. The summed E-state index contributed by atoms with van der Waals surface area (Å²) < 4.78 is 10.1. The van der Waals surface area contributed by atoms with Gasteiger partial charge < -0.3 is 19.4 Å². The lowest BCUT2D eigenvalue weighted by molar-refractivity contribution is 0.158. The van der Waals surface area contributed by atoms with Gasteiger partial charge in [0.2, 0.25) is 0 Å². The van der Waals surface area contributed by atoms with E-state index in [9.17, 15) is 4.79 Å². The monoisotopic (exact) mass is 307 g/mol. The Hall–Kier alpha value is -1.89. The molecule has 0 atom stereocenters. The highest BCUT2D eigenvalue weighted by atomic mass is 32.2. The van der Waals surface area contributed by atoms with Gasteiger partial charge in [-0.15, -0.1) is 0 Å². The molecule has 1 saturated heterocycles. The third-order valence-electron chi connectivity index (χ3n) is 3.32. The summed E-state index contributed by atoms with van der Waals surface area (Å²) in [4.78, 5) is 20.8. The number of aromatic amines is 1. The Morgan fingerprint density at radius 2 is 2.43 bits per heavy atom. The van der Waals surface area contributed by atoms with Crippen LogP contribution in [0.25, 0.3) is 11.0 Å². The predicted octanol–water partition coefficient (Wildman–Crippen LogP) is 2.51. The number of cyclic esters (lactones) is 1. The first-order valence-corrected chi connectivity index (χ1v) is 7.83. The standard InChI is InChI=1S/C14H17N3O3S/c1-19-10-3-4-11-12(9-10)16-13(15-11)21-8-2-5-17-6-7-20-14(17)18/h3-4,9H,2,5-8H2,1H3,(H,15,16). The largest absolute Gasteiger partial charge is 0.497 e. The average molecular weight is 307 g/mol. The number of hydrogen-bond donors (Lipinski definition) is 1. The van der Waals surface area contributed by atoms with Gasteiger partial charge >= 0.3 is 6.09 Å². The normalized spacial score (nSPS) is 14.7. The van der Waals surface area contributed by atoms with Gasteiger partial charge in [-0.2, -0.15) is 0 Å². The zero-order chi connectivity index (χ0) is 14.7. The van der Waals surface area contributed by atoms with E-state index in [0.29, 0.717) is 13.2 Å². The summed E-state index contributed by atoms with van der Waals surface area (Å²) in [6.07, 6.45) is 0.718. The van der Waals surface area contributed by atoms with E-state index in [1.165, 1.54) is 0 Å². The molecule has 1 amide bonds. The van der Waals surface area contributed by atoms with E-state index < -0.39 is 0 Å². The van der Waals surface area contributed by atoms with E-state index in [0.717, 1.165) is 40.7 Å². The zero-order valence-electron chi connectivity index (χ0n) is 11.8. The summed E-state index contributed by atoms with van der Waals surface area (Å²) in [5.74, 6) is 1.72. The van der Waals surface area contributed by atoms with Crippen molar-refractivity contribution in [3.63, 3.8) is 0 Å². The van der Waals surface area contributed by atoms with Crippen LogP contribution < -0.4 is 4.74 Å². The highest BCUT2D eigenvalue weighted by Crippen LogP contribution is 2.23. The third kappa shape index (κ3) is 3.24. The lowest BCUT2D eigenvalue weighted by Gasteiger charge is -2.11. The Morgan fingerprint density at radius 1 is 1.52 bits per heavy atom. The maximum absolute atomic E-state index is 11.3. The van der Waals surface area contributed by atoms with Crippen molar-refractivity contribution in [3.05, 3.63) is 18.2 Å². The first kappa shape index (κ1) is 14.1. The van der Waals surface area contributed by atoms with Crippen molar-refractivity contribution in [3.8, 4) is 5.75 Å². The molecule has 6 nitrogen and oxygen atoms in total. The van der Waals surface area contributed by atoms with E-state index in [2.05, 4.69) is 9.97 Å². The minimum atomic E-state index is -0.198. The van der Waals surface area contributed by atoms with Crippen molar-refractivity contribution in [2.75, 3.05) is 32.6 Å². The number of nitrogens with zero attached hydrogens (tertiary/aromatic N) is 2. The minimum Gasteiger partial charge on any atom is -0.497 e. The van der Waals surface area contributed by atoms with Crippen molar-refractivity contribution in [1.29, 1.82) is 0 Å². The smallest absolute Gasteiger partial charge is 0.409 e. The van der Waals surface area contributed by atoms with Crippen LogP contribution >= 0.6 is 11.8 Å². The van der Waals surface area contributed by atoms with Crippen LogP contribution in [0.3, 0.4) is 0 Å². The van der Waals surface area contributed by atoms with E-state index in [4.69, 9.17) is 9.47 Å². The van der Waals surface area contributed by atoms with E-state index >= 15 is 0 Å². The molecule has 21 heavy (non-hydrogen) atoms. The highest BCUT2D eigenvalue weighted by Gasteiger charge is 2.20. The minimum absolute atomic E-state index is 0.198. The highest BCUT2D eigenvalue weighted by molar-refractivity contribution is 7.99. The molecule has 0 unspecified atom stereocenters. The van der Waals surface area contributed by atoms with Crippen LogP contribution in [0.4, 0.5) is 4.79 Å². The molecule has 2 aromatic rings. The number of fused-ring (bicyclic) bond motifs is 1. The van der Waals surface area contributed by atoms with Crippen molar-refractivity contribution in [1.82, 2.24) is 14.9 Å². The molecule has 0 bridgehead atoms. The van der Waals surface area contributed by atoms with Crippen molar-refractivity contribution in [2.24, 2.45) is 0 Å². The van der Waals surface area contributed by atoms with Crippen molar-refractivity contribution < 1.29 is 14.3 Å². The number of thioether (sulfide) groups is 1. The Balaban J connectivity index is 1.52. The first-order valence-electron chi connectivity index (χ1n) is 6.84. The summed E-state index contributed by atoms with van der Waals surface area (Å²) >= 11 is 1.66. The molecule has 1 aromatic heterocycles. The van der Waals surface area contributed by atoms with Gasteiger partial charge in [0, 0.05) is 18.4 Å². The van der Waals surface area contributed by atoms with Gasteiger partial charge in [0.05, 0.1) is 24.7 Å². The SMILES string of the molecule is COc1ccc2nc(SCCCN3CCOC3=O)[nH]c2c1. The van der Waals surface area contributed by atoms with Gasteiger partial charge in [0.1, 0.15) is 12.4 Å². The number of carbonyl (C=O) groups is 1. The molecule has 3 rings (SSSR count). The number of nitrogens with one attached hydrogen (secondary N) is 1. The number of rotatable bonds is 6. The summed E-state index contributed by atoms with van der Waals surface area (Å²) in [6.45, 7) is 1.95. The van der Waals surface area contributed by atoms with E-state index in [-0.39, 0.29) is 6.09 Å². The molecule has 0 aliphatic carbocycles. The molecule has 1 aromatic carbocycles. The lowest BCUT2D eigenvalue weighted by atomic mass is 10.3. The maximum atomic E-state index is 11.3. The molecular weight excluding hydrogens is 290 g/mol. The number of carbonyl (C=O) groups excluding carboxylic acids is 1. The van der Waals surface area contributed by atoms with Gasteiger partial charge in [0.15, 0.2) is 5.16 Å². The van der Waals surface area contributed by atoms with Crippen LogP contribution in [0.5, 0.6) is 5.75 Å². The zero-order valence-corrected chi connectivity index (χ0v) is 12.6. The van der Waals surface area contributed by atoms with Gasteiger partial charge in [-0.3, -0.25) is 0 Å². The van der Waals surface area contributed by atoms with Crippen molar-refractivity contribution in [2.45, 2.75) is 11.6 Å².